The second-order valence-electron chi connectivity index (χ2n) is 9.31. The van der Waals surface area contributed by atoms with E-state index in [-0.39, 0.29) is 23.5 Å². The zero-order chi connectivity index (χ0) is 28.7. The largest absolute Gasteiger partial charge is 0.486 e. The number of ether oxygens (including phenoxy) is 1. The zero-order valence-electron chi connectivity index (χ0n) is 20.7. The lowest BCUT2D eigenvalue weighted by atomic mass is 9.89. The molecule has 0 bridgehead atoms. The van der Waals surface area contributed by atoms with Gasteiger partial charge in [-0.1, -0.05) is 44.2 Å². The summed E-state index contributed by atoms with van der Waals surface area (Å²) in [5, 5.41) is 9.47. The molecule has 0 aliphatic carbocycles. The minimum absolute atomic E-state index is 0.0150. The first kappa shape index (κ1) is 28.3. The van der Waals surface area contributed by atoms with Crippen molar-refractivity contribution in [3.63, 3.8) is 0 Å². The van der Waals surface area contributed by atoms with Crippen LogP contribution in [-0.4, -0.2) is 32.1 Å². The van der Waals surface area contributed by atoms with Gasteiger partial charge in [-0.15, -0.1) is 0 Å². The van der Waals surface area contributed by atoms with Crippen molar-refractivity contribution in [3.05, 3.63) is 77.9 Å². The maximum absolute atomic E-state index is 13.8. The molecule has 1 heterocycles. The lowest BCUT2D eigenvalue weighted by molar-refractivity contribution is -0.144. The van der Waals surface area contributed by atoms with Gasteiger partial charge < -0.3 is 9.84 Å². The van der Waals surface area contributed by atoms with Crippen molar-refractivity contribution < 1.29 is 45.0 Å². The van der Waals surface area contributed by atoms with E-state index < -0.39 is 57.0 Å². The van der Waals surface area contributed by atoms with E-state index in [0.717, 1.165) is 22.5 Å². The Kier molecular flexibility index (Phi) is 7.61. The third kappa shape index (κ3) is 5.70. The Morgan fingerprint density at radius 3 is 2.31 bits per heavy atom. The van der Waals surface area contributed by atoms with Crippen molar-refractivity contribution in [3.8, 4) is 16.9 Å². The van der Waals surface area contributed by atoms with Gasteiger partial charge in [-0.25, -0.2) is 17.2 Å². The number of fused-ring (bicyclic) bond motifs is 1. The van der Waals surface area contributed by atoms with E-state index >= 15 is 0 Å². The van der Waals surface area contributed by atoms with Crippen LogP contribution < -0.4 is 9.04 Å². The summed E-state index contributed by atoms with van der Waals surface area (Å²) >= 11 is 0. The Hall–Kier alpha value is -3.67. The summed E-state index contributed by atoms with van der Waals surface area (Å²) in [5.74, 6) is -2.68. The van der Waals surface area contributed by atoms with Gasteiger partial charge in [0.2, 0.25) is 0 Å². The molecule has 1 aliphatic heterocycles. The molecule has 0 saturated carbocycles. The first-order valence-electron chi connectivity index (χ1n) is 11.8. The Labute approximate surface area is 221 Å². The number of carboxylic acids is 1. The molecular weight excluding hydrogens is 545 g/mol. The molecule has 0 aromatic heterocycles. The highest BCUT2D eigenvalue weighted by Crippen LogP contribution is 2.42. The van der Waals surface area contributed by atoms with Crippen LogP contribution in [0, 0.1) is 11.8 Å². The first-order chi connectivity index (χ1) is 18.2. The van der Waals surface area contributed by atoms with Crippen molar-refractivity contribution in [2.45, 2.75) is 37.4 Å². The molecule has 1 N–H and O–H groups in total. The minimum Gasteiger partial charge on any atom is -0.486 e. The van der Waals surface area contributed by atoms with E-state index in [9.17, 15) is 40.3 Å². The molecule has 39 heavy (non-hydrogen) atoms. The van der Waals surface area contributed by atoms with Crippen molar-refractivity contribution >= 4 is 21.7 Å². The van der Waals surface area contributed by atoms with E-state index in [4.69, 9.17) is 4.74 Å². The van der Waals surface area contributed by atoms with Crippen LogP contribution in [-0.2, 0) is 21.0 Å². The van der Waals surface area contributed by atoms with Gasteiger partial charge in [-0.05, 0) is 47.5 Å². The highest BCUT2D eigenvalue weighted by atomic mass is 32.2. The number of carbonyl (C=O) groups is 1. The lowest BCUT2D eigenvalue weighted by Gasteiger charge is -2.39. The van der Waals surface area contributed by atoms with Crippen molar-refractivity contribution in [2.75, 3.05) is 10.8 Å². The van der Waals surface area contributed by atoms with E-state index in [2.05, 4.69) is 0 Å². The fourth-order valence-electron chi connectivity index (χ4n) is 4.32. The molecule has 0 spiro atoms. The van der Waals surface area contributed by atoms with Crippen LogP contribution in [0.25, 0.3) is 11.1 Å². The molecule has 3 aromatic rings. The summed E-state index contributed by atoms with van der Waals surface area (Å²) < 4.78 is 101. The highest BCUT2D eigenvalue weighted by Gasteiger charge is 2.40. The van der Waals surface area contributed by atoms with Crippen LogP contribution >= 0.6 is 0 Å². The number of carboxylic acid groups (broad SMARTS) is 1. The van der Waals surface area contributed by atoms with Crippen molar-refractivity contribution in [1.82, 2.24) is 0 Å². The summed E-state index contributed by atoms with van der Waals surface area (Å²) in [5.41, 5.74) is -0.680. The van der Waals surface area contributed by atoms with Crippen LogP contribution in [0.15, 0.2) is 71.6 Å². The van der Waals surface area contributed by atoms with Crippen LogP contribution in [0.1, 0.15) is 31.4 Å². The summed E-state index contributed by atoms with van der Waals surface area (Å²) in [6.45, 7) is 2.63. The molecule has 3 atom stereocenters. The van der Waals surface area contributed by atoms with E-state index in [0.29, 0.717) is 17.2 Å². The maximum atomic E-state index is 13.8. The van der Waals surface area contributed by atoms with Crippen LogP contribution in [0.5, 0.6) is 5.75 Å². The molecule has 0 fully saturated rings. The van der Waals surface area contributed by atoms with E-state index in [1.807, 2.05) is 0 Å². The zero-order valence-corrected chi connectivity index (χ0v) is 21.5. The third-order valence-electron chi connectivity index (χ3n) is 6.84. The van der Waals surface area contributed by atoms with Gasteiger partial charge in [0.25, 0.3) is 16.4 Å². The number of benzene rings is 3. The van der Waals surface area contributed by atoms with Gasteiger partial charge in [0.1, 0.15) is 11.9 Å². The Bertz CT molecular complexity index is 1490. The van der Waals surface area contributed by atoms with Crippen molar-refractivity contribution in [1.29, 1.82) is 0 Å². The fourth-order valence-corrected chi connectivity index (χ4v) is 5.84. The highest BCUT2D eigenvalue weighted by molar-refractivity contribution is 7.92. The Morgan fingerprint density at radius 1 is 1.00 bits per heavy atom. The molecule has 1 aliphatic rings. The smallest absolute Gasteiger partial charge is 0.416 e. The first-order valence-corrected chi connectivity index (χ1v) is 13.3. The molecule has 0 radical (unpaired) electrons. The number of halogens is 5. The summed E-state index contributed by atoms with van der Waals surface area (Å²) in [4.78, 5) is 11.0. The topological polar surface area (TPSA) is 83.9 Å². The van der Waals surface area contributed by atoms with Crippen molar-refractivity contribution in [2.24, 2.45) is 11.8 Å². The van der Waals surface area contributed by atoms with Gasteiger partial charge in [-0.2, -0.15) is 13.2 Å². The van der Waals surface area contributed by atoms with Crippen LogP contribution in [0.2, 0.25) is 0 Å². The average molecular weight is 570 g/mol. The van der Waals surface area contributed by atoms with Gasteiger partial charge in [-0.3, -0.25) is 9.10 Å². The number of sulfonamides is 1. The molecule has 0 amide bonds. The number of aliphatic carboxylic acids is 1. The lowest BCUT2D eigenvalue weighted by Crippen LogP contribution is -2.48. The molecule has 12 heteroatoms. The number of rotatable bonds is 7. The Balaban J connectivity index is 1.85. The third-order valence-corrected chi connectivity index (χ3v) is 8.61. The molecular formula is C27H24F5NO5S. The predicted octanol–water partition coefficient (Wildman–Crippen LogP) is 6.62. The molecule has 4 rings (SSSR count). The molecule has 2 unspecified atom stereocenters. The van der Waals surface area contributed by atoms with Crippen LogP contribution in [0.4, 0.5) is 27.6 Å². The molecule has 0 saturated heterocycles. The summed E-state index contributed by atoms with van der Waals surface area (Å²) in [6, 6.07) is 13.1. The predicted molar refractivity (Wildman–Crippen MR) is 133 cm³/mol. The normalized spacial score (nSPS) is 17.3. The monoisotopic (exact) mass is 569 g/mol. The van der Waals surface area contributed by atoms with Gasteiger partial charge >= 0.3 is 12.1 Å². The standard InChI is InChI=1S/C27H24F5NO5S/c1-15(16(2)26(34)35)24-14-33(39(36,37)21-8-4-7-20(13-21)27(30,31)32)22-12-18(9-10-23(22)38-24)17-5-3-6-19(11-17)25(28)29/h3-13,15-16,24-25H,14H2,1-2H3,(H,34,35)/t15?,16?,24-/m1/s1. The maximum Gasteiger partial charge on any atom is 0.416 e. The summed E-state index contributed by atoms with van der Waals surface area (Å²) in [6.07, 6.45) is -8.47. The van der Waals surface area contributed by atoms with Crippen LogP contribution in [0.3, 0.4) is 0 Å². The Morgan fingerprint density at radius 2 is 1.67 bits per heavy atom. The quantitative estimate of drug-likeness (QED) is 0.323. The second-order valence-corrected chi connectivity index (χ2v) is 11.2. The SMILES string of the molecule is CC(C(=O)O)C(C)[C@H]1CN(S(=O)(=O)c2cccc(C(F)(F)F)c2)c2cc(-c3cccc(C(F)F)c3)ccc2O1. The van der Waals surface area contributed by atoms with Gasteiger partial charge in [0.15, 0.2) is 0 Å². The van der Waals surface area contributed by atoms with Gasteiger partial charge in [0, 0.05) is 11.5 Å². The molecule has 3 aromatic carbocycles. The minimum atomic E-state index is -4.79. The average Bonchev–Trinajstić information content (AvgIpc) is 2.90. The van der Waals surface area contributed by atoms with E-state index in [1.54, 1.807) is 13.0 Å². The number of anilines is 1. The fraction of sp³-hybridized carbons (Fsp3) is 0.296. The second kappa shape index (κ2) is 10.5. The number of hydrogen-bond donors (Lipinski definition) is 1. The summed E-state index contributed by atoms with van der Waals surface area (Å²) in [7, 11) is -4.61. The molecule has 208 valence electrons. The molecule has 6 nitrogen and oxygen atoms in total. The number of alkyl halides is 5. The van der Waals surface area contributed by atoms with E-state index in [1.165, 1.54) is 43.3 Å². The van der Waals surface area contributed by atoms with Gasteiger partial charge in [0.05, 0.1) is 28.6 Å². The number of hydrogen-bond acceptors (Lipinski definition) is 4. The number of nitrogens with zero attached hydrogens (tertiary/aromatic N) is 1.